The van der Waals surface area contributed by atoms with Crippen LogP contribution in [0.5, 0.6) is 11.6 Å². The summed E-state index contributed by atoms with van der Waals surface area (Å²) in [6, 6.07) is 20.0. The highest BCUT2D eigenvalue weighted by Crippen LogP contribution is 2.23. The van der Waals surface area contributed by atoms with Crippen LogP contribution in [0.1, 0.15) is 10.4 Å². The van der Waals surface area contributed by atoms with E-state index in [0.717, 1.165) is 10.2 Å². The lowest BCUT2D eigenvalue weighted by Crippen LogP contribution is -2.11. The van der Waals surface area contributed by atoms with Gasteiger partial charge in [-0.1, -0.05) is 0 Å². The van der Waals surface area contributed by atoms with Crippen LogP contribution in [0.2, 0.25) is 0 Å². The number of hydrogen-bond acceptors (Lipinski definition) is 6. The SMILES string of the molecule is O=C(Nc1ccc(Oc2ccc(-n3cccc3)nn2)cc1)c1ccc2ncsc2c1. The van der Waals surface area contributed by atoms with E-state index >= 15 is 0 Å². The maximum atomic E-state index is 12.5. The summed E-state index contributed by atoms with van der Waals surface area (Å²) in [6.07, 6.45) is 3.79. The van der Waals surface area contributed by atoms with E-state index in [-0.39, 0.29) is 5.91 Å². The average Bonchev–Trinajstić information content (AvgIpc) is 3.47. The van der Waals surface area contributed by atoms with E-state index in [9.17, 15) is 4.79 Å². The summed E-state index contributed by atoms with van der Waals surface area (Å²) >= 11 is 1.51. The number of nitrogens with one attached hydrogen (secondary N) is 1. The molecule has 0 bridgehead atoms. The van der Waals surface area contributed by atoms with E-state index in [1.165, 1.54) is 11.3 Å². The average molecular weight is 413 g/mol. The molecule has 3 heterocycles. The Labute approximate surface area is 175 Å². The Morgan fingerprint density at radius 1 is 0.967 bits per heavy atom. The molecule has 0 spiro atoms. The maximum absolute atomic E-state index is 12.5. The Morgan fingerprint density at radius 3 is 2.57 bits per heavy atom. The fraction of sp³-hybridized carbons (Fsp3) is 0. The number of hydrogen-bond donors (Lipinski definition) is 1. The van der Waals surface area contributed by atoms with Crippen LogP contribution < -0.4 is 10.1 Å². The molecule has 0 aliphatic heterocycles. The molecule has 5 aromatic rings. The number of anilines is 1. The van der Waals surface area contributed by atoms with Gasteiger partial charge in [-0.15, -0.1) is 21.5 Å². The van der Waals surface area contributed by atoms with Gasteiger partial charge in [0, 0.05) is 29.7 Å². The molecule has 0 atom stereocenters. The molecule has 3 aromatic heterocycles. The molecule has 8 heteroatoms. The van der Waals surface area contributed by atoms with Crippen molar-refractivity contribution in [3.05, 3.63) is 90.2 Å². The summed E-state index contributed by atoms with van der Waals surface area (Å²) in [5, 5.41) is 11.1. The monoisotopic (exact) mass is 413 g/mol. The molecule has 5 rings (SSSR count). The zero-order valence-corrected chi connectivity index (χ0v) is 16.4. The molecule has 0 aliphatic rings. The van der Waals surface area contributed by atoms with Crippen LogP contribution in [-0.2, 0) is 0 Å². The number of aromatic nitrogens is 4. The van der Waals surface area contributed by atoms with Gasteiger partial charge in [0.05, 0.1) is 15.7 Å². The molecule has 1 amide bonds. The van der Waals surface area contributed by atoms with Crippen molar-refractivity contribution in [2.24, 2.45) is 0 Å². The molecule has 0 fully saturated rings. The molecular formula is C22H15N5O2S. The van der Waals surface area contributed by atoms with Crippen LogP contribution in [0.3, 0.4) is 0 Å². The fourth-order valence-electron chi connectivity index (χ4n) is 2.92. The predicted octanol–water partition coefficient (Wildman–Crippen LogP) is 4.92. The van der Waals surface area contributed by atoms with Gasteiger partial charge in [0.1, 0.15) is 5.75 Å². The number of carbonyl (C=O) groups excluding carboxylic acids is 1. The minimum absolute atomic E-state index is 0.176. The van der Waals surface area contributed by atoms with Crippen molar-refractivity contribution in [3.63, 3.8) is 0 Å². The Balaban J connectivity index is 1.24. The molecule has 146 valence electrons. The van der Waals surface area contributed by atoms with Crippen LogP contribution in [0.4, 0.5) is 5.69 Å². The summed E-state index contributed by atoms with van der Waals surface area (Å²) in [6.45, 7) is 0. The Bertz CT molecular complexity index is 1300. The van der Waals surface area contributed by atoms with Gasteiger partial charge in [-0.05, 0) is 60.7 Å². The van der Waals surface area contributed by atoms with Crippen LogP contribution in [0.25, 0.3) is 16.0 Å². The van der Waals surface area contributed by atoms with Gasteiger partial charge in [-0.25, -0.2) is 4.98 Å². The largest absolute Gasteiger partial charge is 0.438 e. The molecule has 2 aromatic carbocycles. The van der Waals surface area contributed by atoms with E-state index in [2.05, 4.69) is 20.5 Å². The van der Waals surface area contributed by atoms with Crippen LogP contribution in [-0.4, -0.2) is 25.7 Å². The Morgan fingerprint density at radius 2 is 1.80 bits per heavy atom. The molecule has 0 saturated carbocycles. The molecule has 7 nitrogen and oxygen atoms in total. The first-order valence-electron chi connectivity index (χ1n) is 9.14. The summed E-state index contributed by atoms with van der Waals surface area (Å²) < 4.78 is 8.58. The minimum Gasteiger partial charge on any atom is -0.438 e. The predicted molar refractivity (Wildman–Crippen MR) is 115 cm³/mol. The first-order valence-corrected chi connectivity index (χ1v) is 10.0. The summed E-state index contributed by atoms with van der Waals surface area (Å²) in [5.74, 6) is 1.52. The highest BCUT2D eigenvalue weighted by Gasteiger charge is 2.09. The van der Waals surface area contributed by atoms with Crippen molar-refractivity contribution in [1.29, 1.82) is 0 Å². The third kappa shape index (κ3) is 3.76. The highest BCUT2D eigenvalue weighted by atomic mass is 32.1. The molecule has 30 heavy (non-hydrogen) atoms. The number of rotatable bonds is 5. The topological polar surface area (TPSA) is 81.9 Å². The van der Waals surface area contributed by atoms with Crippen molar-refractivity contribution < 1.29 is 9.53 Å². The summed E-state index contributed by atoms with van der Waals surface area (Å²) in [5.41, 5.74) is 3.92. The van der Waals surface area contributed by atoms with Gasteiger partial charge in [0.25, 0.3) is 5.91 Å². The summed E-state index contributed by atoms with van der Waals surface area (Å²) in [4.78, 5) is 16.7. The lowest BCUT2D eigenvalue weighted by atomic mass is 10.2. The van der Waals surface area contributed by atoms with E-state index in [4.69, 9.17) is 4.74 Å². The minimum atomic E-state index is -0.176. The molecule has 1 N–H and O–H groups in total. The van der Waals surface area contributed by atoms with E-state index < -0.39 is 0 Å². The van der Waals surface area contributed by atoms with Gasteiger partial charge in [0.15, 0.2) is 5.82 Å². The standard InChI is InChI=1S/C22H15N5O2S/c28-22(15-3-8-18-19(13-15)30-14-23-18)24-16-4-6-17(7-5-16)29-21-10-9-20(25-26-21)27-11-1-2-12-27/h1-14H,(H,24,28). The number of thiazole rings is 1. The zero-order chi connectivity index (χ0) is 20.3. The first-order chi connectivity index (χ1) is 14.7. The summed E-state index contributed by atoms with van der Waals surface area (Å²) in [7, 11) is 0. The van der Waals surface area contributed by atoms with Crippen molar-refractivity contribution in [2.75, 3.05) is 5.32 Å². The Hall–Kier alpha value is -4.04. The van der Waals surface area contributed by atoms with Gasteiger partial charge >= 0.3 is 0 Å². The fourth-order valence-corrected chi connectivity index (χ4v) is 3.64. The molecule has 0 saturated heterocycles. The molecule has 0 unspecified atom stereocenters. The number of ether oxygens (including phenoxy) is 1. The van der Waals surface area contributed by atoms with Crippen molar-refractivity contribution in [2.45, 2.75) is 0 Å². The van der Waals surface area contributed by atoms with E-state index in [1.807, 2.05) is 47.3 Å². The second-order valence-corrected chi connectivity index (χ2v) is 7.32. The van der Waals surface area contributed by atoms with E-state index in [1.54, 1.807) is 41.9 Å². The van der Waals surface area contributed by atoms with Crippen LogP contribution in [0, 0.1) is 0 Å². The smallest absolute Gasteiger partial charge is 0.255 e. The number of fused-ring (bicyclic) bond motifs is 1. The second kappa shape index (κ2) is 7.76. The first kappa shape index (κ1) is 18.0. The van der Waals surface area contributed by atoms with Gasteiger partial charge < -0.3 is 14.6 Å². The van der Waals surface area contributed by atoms with Gasteiger partial charge in [0.2, 0.25) is 5.88 Å². The zero-order valence-electron chi connectivity index (χ0n) is 15.6. The van der Waals surface area contributed by atoms with Crippen LogP contribution >= 0.6 is 11.3 Å². The van der Waals surface area contributed by atoms with Crippen LogP contribution in [0.15, 0.2) is 84.6 Å². The number of carbonyl (C=O) groups is 1. The van der Waals surface area contributed by atoms with Gasteiger partial charge in [-0.2, -0.15) is 0 Å². The van der Waals surface area contributed by atoms with Crippen molar-refractivity contribution >= 4 is 33.1 Å². The molecule has 0 radical (unpaired) electrons. The van der Waals surface area contributed by atoms with Crippen molar-refractivity contribution in [3.8, 4) is 17.4 Å². The normalized spacial score (nSPS) is 10.8. The number of benzene rings is 2. The number of amides is 1. The van der Waals surface area contributed by atoms with Gasteiger partial charge in [-0.3, -0.25) is 4.79 Å². The lowest BCUT2D eigenvalue weighted by Gasteiger charge is -2.08. The highest BCUT2D eigenvalue weighted by molar-refractivity contribution is 7.16. The second-order valence-electron chi connectivity index (χ2n) is 6.44. The quantitative estimate of drug-likeness (QED) is 0.442. The third-order valence-electron chi connectivity index (χ3n) is 4.42. The third-order valence-corrected chi connectivity index (χ3v) is 5.21. The number of nitrogens with zero attached hydrogens (tertiary/aromatic N) is 4. The Kier molecular flexibility index (Phi) is 4.66. The molecule has 0 aliphatic carbocycles. The lowest BCUT2D eigenvalue weighted by molar-refractivity contribution is 0.102. The van der Waals surface area contributed by atoms with E-state index in [0.29, 0.717) is 28.7 Å². The van der Waals surface area contributed by atoms with Crippen molar-refractivity contribution in [1.82, 2.24) is 19.7 Å². The molecular weight excluding hydrogens is 398 g/mol. The maximum Gasteiger partial charge on any atom is 0.255 e.